The summed E-state index contributed by atoms with van der Waals surface area (Å²) in [6.07, 6.45) is 4.20. The number of aromatic nitrogens is 1. The van der Waals surface area contributed by atoms with Gasteiger partial charge in [-0.05, 0) is 26.3 Å². The number of nitrogens with two attached hydrogens (primary N) is 1. The summed E-state index contributed by atoms with van der Waals surface area (Å²) < 4.78 is 5.58. The zero-order valence-corrected chi connectivity index (χ0v) is 9.28. The van der Waals surface area contributed by atoms with E-state index >= 15 is 0 Å². The number of piperidine rings is 1. The average molecular weight is 209 g/mol. The highest BCUT2D eigenvalue weighted by Crippen LogP contribution is 2.25. The minimum absolute atomic E-state index is 0.457. The highest BCUT2D eigenvalue weighted by molar-refractivity contribution is 4.99. The Bertz CT molecular complexity index is 309. The van der Waals surface area contributed by atoms with Crippen molar-refractivity contribution in [3.05, 3.63) is 17.8 Å². The lowest BCUT2D eigenvalue weighted by Gasteiger charge is -2.30. The van der Waals surface area contributed by atoms with Gasteiger partial charge in [-0.15, -0.1) is 0 Å². The number of hydrogen-bond donors (Lipinski definition) is 1. The molecular formula is C11H19N3O. The predicted molar refractivity (Wildman–Crippen MR) is 58.7 cm³/mol. The Morgan fingerprint density at radius 3 is 3.20 bits per heavy atom. The van der Waals surface area contributed by atoms with E-state index in [1.54, 1.807) is 6.20 Å². The van der Waals surface area contributed by atoms with E-state index in [1.807, 2.05) is 6.92 Å². The van der Waals surface area contributed by atoms with Crippen LogP contribution in [0.4, 0.5) is 0 Å². The van der Waals surface area contributed by atoms with E-state index < -0.39 is 0 Å². The van der Waals surface area contributed by atoms with Gasteiger partial charge in [-0.25, -0.2) is 4.98 Å². The van der Waals surface area contributed by atoms with Crippen LogP contribution in [-0.2, 0) is 0 Å². The molecule has 4 heteroatoms. The van der Waals surface area contributed by atoms with Crippen molar-refractivity contribution in [2.75, 3.05) is 26.2 Å². The normalized spacial score (nSPS) is 23.2. The molecule has 1 aromatic heterocycles. The van der Waals surface area contributed by atoms with Crippen LogP contribution in [0.2, 0.25) is 0 Å². The molecule has 0 spiro atoms. The summed E-state index contributed by atoms with van der Waals surface area (Å²) >= 11 is 0. The fourth-order valence-electron chi connectivity index (χ4n) is 2.20. The molecule has 1 saturated heterocycles. The summed E-state index contributed by atoms with van der Waals surface area (Å²) in [5.74, 6) is 2.26. The molecule has 4 nitrogen and oxygen atoms in total. The zero-order chi connectivity index (χ0) is 10.7. The minimum Gasteiger partial charge on any atom is -0.446 e. The van der Waals surface area contributed by atoms with Crippen LogP contribution in [0.1, 0.15) is 30.4 Å². The molecule has 1 atom stereocenters. The third kappa shape index (κ3) is 2.58. The Hall–Kier alpha value is -0.870. The molecule has 1 aliphatic heterocycles. The van der Waals surface area contributed by atoms with Gasteiger partial charge < -0.3 is 15.1 Å². The summed E-state index contributed by atoms with van der Waals surface area (Å²) in [6.45, 7) is 5.86. The van der Waals surface area contributed by atoms with Crippen molar-refractivity contribution in [3.63, 3.8) is 0 Å². The van der Waals surface area contributed by atoms with Crippen LogP contribution in [0.5, 0.6) is 0 Å². The van der Waals surface area contributed by atoms with Gasteiger partial charge >= 0.3 is 0 Å². The van der Waals surface area contributed by atoms with Crippen molar-refractivity contribution in [2.45, 2.75) is 25.7 Å². The van der Waals surface area contributed by atoms with Gasteiger partial charge in [0.25, 0.3) is 0 Å². The van der Waals surface area contributed by atoms with Crippen molar-refractivity contribution < 1.29 is 4.42 Å². The SMILES string of the molecule is Cc1cnc(C2CCCN(CCN)C2)o1. The first-order valence-electron chi connectivity index (χ1n) is 5.64. The smallest absolute Gasteiger partial charge is 0.198 e. The van der Waals surface area contributed by atoms with E-state index in [0.29, 0.717) is 5.92 Å². The fraction of sp³-hybridized carbons (Fsp3) is 0.727. The maximum absolute atomic E-state index is 5.58. The second-order valence-corrected chi connectivity index (χ2v) is 4.24. The monoisotopic (exact) mass is 209 g/mol. The highest BCUT2D eigenvalue weighted by Gasteiger charge is 2.24. The number of oxazole rings is 1. The lowest BCUT2D eigenvalue weighted by molar-refractivity contribution is 0.197. The standard InChI is InChI=1S/C11H19N3O/c1-9-7-13-11(15-9)10-3-2-5-14(8-10)6-4-12/h7,10H,2-6,8,12H2,1H3. The Balaban J connectivity index is 1.98. The lowest BCUT2D eigenvalue weighted by atomic mass is 9.98. The molecule has 0 saturated carbocycles. The van der Waals surface area contributed by atoms with Crippen LogP contribution in [0.15, 0.2) is 10.6 Å². The largest absolute Gasteiger partial charge is 0.446 e. The van der Waals surface area contributed by atoms with Crippen molar-refractivity contribution in [1.82, 2.24) is 9.88 Å². The number of hydrogen-bond acceptors (Lipinski definition) is 4. The Morgan fingerprint density at radius 2 is 2.53 bits per heavy atom. The van der Waals surface area contributed by atoms with Crippen LogP contribution >= 0.6 is 0 Å². The van der Waals surface area contributed by atoms with Crippen LogP contribution in [0, 0.1) is 6.92 Å². The molecule has 0 radical (unpaired) electrons. The first-order chi connectivity index (χ1) is 7.29. The average Bonchev–Trinajstić information content (AvgIpc) is 2.66. The maximum Gasteiger partial charge on any atom is 0.198 e. The summed E-state index contributed by atoms with van der Waals surface area (Å²) in [5.41, 5.74) is 5.57. The minimum atomic E-state index is 0.457. The molecule has 1 unspecified atom stereocenters. The molecule has 84 valence electrons. The molecule has 2 rings (SSSR count). The molecular weight excluding hydrogens is 190 g/mol. The Labute approximate surface area is 90.5 Å². The molecule has 0 aromatic carbocycles. The summed E-state index contributed by atoms with van der Waals surface area (Å²) in [5, 5.41) is 0. The molecule has 0 amide bonds. The molecule has 1 fully saturated rings. The van der Waals surface area contributed by atoms with Crippen LogP contribution in [0.25, 0.3) is 0 Å². The Kier molecular flexibility index (Phi) is 3.38. The van der Waals surface area contributed by atoms with Crippen LogP contribution in [0.3, 0.4) is 0 Å². The van der Waals surface area contributed by atoms with Gasteiger partial charge in [-0.3, -0.25) is 0 Å². The molecule has 2 heterocycles. The third-order valence-corrected chi connectivity index (χ3v) is 2.94. The van der Waals surface area contributed by atoms with Gasteiger partial charge in [0.2, 0.25) is 0 Å². The predicted octanol–water partition coefficient (Wildman–Crippen LogP) is 1.12. The second kappa shape index (κ2) is 4.77. The third-order valence-electron chi connectivity index (χ3n) is 2.94. The van der Waals surface area contributed by atoms with Gasteiger partial charge in [-0.1, -0.05) is 0 Å². The Morgan fingerprint density at radius 1 is 1.67 bits per heavy atom. The van der Waals surface area contributed by atoms with E-state index in [2.05, 4.69) is 9.88 Å². The first-order valence-corrected chi connectivity index (χ1v) is 5.64. The molecule has 15 heavy (non-hydrogen) atoms. The van der Waals surface area contributed by atoms with E-state index in [9.17, 15) is 0 Å². The van der Waals surface area contributed by atoms with Crippen molar-refractivity contribution in [2.24, 2.45) is 5.73 Å². The van der Waals surface area contributed by atoms with Crippen molar-refractivity contribution in [1.29, 1.82) is 0 Å². The maximum atomic E-state index is 5.58. The van der Waals surface area contributed by atoms with Gasteiger partial charge in [0.1, 0.15) is 5.76 Å². The summed E-state index contributed by atoms with van der Waals surface area (Å²) in [7, 11) is 0. The molecule has 1 aliphatic rings. The fourth-order valence-corrected chi connectivity index (χ4v) is 2.20. The quantitative estimate of drug-likeness (QED) is 0.810. The van der Waals surface area contributed by atoms with E-state index in [1.165, 1.54) is 12.8 Å². The molecule has 0 aliphatic carbocycles. The van der Waals surface area contributed by atoms with Gasteiger partial charge in [-0.2, -0.15) is 0 Å². The van der Waals surface area contributed by atoms with Crippen LogP contribution in [-0.4, -0.2) is 36.1 Å². The van der Waals surface area contributed by atoms with Crippen molar-refractivity contribution >= 4 is 0 Å². The van der Waals surface area contributed by atoms with E-state index in [0.717, 1.165) is 37.8 Å². The van der Waals surface area contributed by atoms with Gasteiger partial charge in [0.05, 0.1) is 6.20 Å². The van der Waals surface area contributed by atoms with Crippen LogP contribution < -0.4 is 5.73 Å². The summed E-state index contributed by atoms with van der Waals surface area (Å²) in [6, 6.07) is 0. The number of nitrogens with zero attached hydrogens (tertiary/aromatic N) is 2. The number of rotatable bonds is 3. The van der Waals surface area contributed by atoms with E-state index in [4.69, 9.17) is 10.2 Å². The summed E-state index contributed by atoms with van der Waals surface area (Å²) in [4.78, 5) is 6.71. The topological polar surface area (TPSA) is 55.3 Å². The number of aryl methyl sites for hydroxylation is 1. The van der Waals surface area contributed by atoms with Crippen molar-refractivity contribution in [3.8, 4) is 0 Å². The van der Waals surface area contributed by atoms with Gasteiger partial charge in [0.15, 0.2) is 5.89 Å². The highest BCUT2D eigenvalue weighted by atomic mass is 16.4. The van der Waals surface area contributed by atoms with Gasteiger partial charge in [0, 0.05) is 25.6 Å². The number of likely N-dealkylation sites (tertiary alicyclic amines) is 1. The zero-order valence-electron chi connectivity index (χ0n) is 9.28. The second-order valence-electron chi connectivity index (χ2n) is 4.24. The lowest BCUT2D eigenvalue weighted by Crippen LogP contribution is -2.37. The van der Waals surface area contributed by atoms with E-state index in [-0.39, 0.29) is 0 Å². The molecule has 2 N–H and O–H groups in total. The first kappa shape index (κ1) is 10.6. The molecule has 0 bridgehead atoms. The molecule has 1 aromatic rings.